The number of benzene rings is 2. The minimum atomic E-state index is -0.470. The van der Waals surface area contributed by atoms with E-state index < -0.39 is 4.92 Å². The van der Waals surface area contributed by atoms with Crippen LogP contribution in [0.2, 0.25) is 0 Å². The molecule has 0 saturated heterocycles. The minimum absolute atomic E-state index is 0.0158. The predicted octanol–water partition coefficient (Wildman–Crippen LogP) is 3.62. The molecular weight excluding hydrogens is 332 g/mol. The first-order chi connectivity index (χ1) is 12.6. The summed E-state index contributed by atoms with van der Waals surface area (Å²) >= 11 is 0. The van der Waals surface area contributed by atoms with Gasteiger partial charge in [-0.3, -0.25) is 20.0 Å². The van der Waals surface area contributed by atoms with Gasteiger partial charge in [0.05, 0.1) is 16.5 Å². The first-order valence-electron chi connectivity index (χ1n) is 8.53. The number of non-ortho nitro benzene ring substituents is 1. The molecule has 0 saturated carbocycles. The molecule has 4 rings (SSSR count). The molecule has 0 fully saturated rings. The smallest absolute Gasteiger partial charge is 0.275 e. The van der Waals surface area contributed by atoms with Gasteiger partial charge in [-0.25, -0.2) is 0 Å². The van der Waals surface area contributed by atoms with E-state index >= 15 is 0 Å². The third-order valence-electron chi connectivity index (χ3n) is 5.09. The molecule has 0 aliphatic heterocycles. The monoisotopic (exact) mass is 350 g/mol. The van der Waals surface area contributed by atoms with E-state index in [0.29, 0.717) is 10.9 Å². The van der Waals surface area contributed by atoms with Crippen LogP contribution in [0.3, 0.4) is 0 Å². The Morgan fingerprint density at radius 2 is 2.12 bits per heavy atom. The summed E-state index contributed by atoms with van der Waals surface area (Å²) in [5, 5.41) is 18.4. The topological polar surface area (TPSA) is 92.1 Å². The van der Waals surface area contributed by atoms with Crippen molar-refractivity contribution in [3.05, 3.63) is 69.4 Å². The fourth-order valence-corrected chi connectivity index (χ4v) is 3.72. The Balaban J connectivity index is 1.71. The summed E-state index contributed by atoms with van der Waals surface area (Å²) in [6.07, 6.45) is 2.93. The molecule has 0 radical (unpaired) electrons. The van der Waals surface area contributed by atoms with Crippen molar-refractivity contribution < 1.29 is 9.72 Å². The highest BCUT2D eigenvalue weighted by molar-refractivity contribution is 6.05. The molecule has 1 aliphatic carbocycles. The van der Waals surface area contributed by atoms with Crippen LogP contribution >= 0.6 is 0 Å². The summed E-state index contributed by atoms with van der Waals surface area (Å²) in [5.74, 6) is -0.238. The maximum atomic E-state index is 13.1. The Hall–Kier alpha value is -3.22. The Bertz CT molecular complexity index is 1010. The number of amides is 1. The number of fused-ring (bicyclic) bond motifs is 2. The number of rotatable bonds is 3. The summed E-state index contributed by atoms with van der Waals surface area (Å²) in [7, 11) is 1.77. The Labute approximate surface area is 149 Å². The van der Waals surface area contributed by atoms with Gasteiger partial charge in [-0.15, -0.1) is 0 Å². The number of nitro benzene ring substituents is 1. The summed E-state index contributed by atoms with van der Waals surface area (Å²) < 4.78 is 0. The van der Waals surface area contributed by atoms with Crippen LogP contribution in [-0.2, 0) is 6.42 Å². The van der Waals surface area contributed by atoms with Crippen molar-refractivity contribution in [1.29, 1.82) is 0 Å². The molecule has 1 aromatic heterocycles. The second-order valence-electron chi connectivity index (χ2n) is 6.58. The van der Waals surface area contributed by atoms with Gasteiger partial charge >= 0.3 is 0 Å². The molecule has 1 atom stereocenters. The molecule has 1 heterocycles. The zero-order valence-corrected chi connectivity index (χ0v) is 14.3. The van der Waals surface area contributed by atoms with E-state index in [1.165, 1.54) is 23.3 Å². The molecule has 26 heavy (non-hydrogen) atoms. The van der Waals surface area contributed by atoms with E-state index in [4.69, 9.17) is 0 Å². The van der Waals surface area contributed by atoms with Crippen LogP contribution in [0.25, 0.3) is 10.9 Å². The maximum Gasteiger partial charge on any atom is 0.275 e. The largest absolute Gasteiger partial charge is 0.333 e. The number of carbonyl (C=O) groups is 1. The summed E-state index contributed by atoms with van der Waals surface area (Å²) in [6, 6.07) is 12.5. The van der Waals surface area contributed by atoms with Crippen molar-refractivity contribution in [3.63, 3.8) is 0 Å². The minimum Gasteiger partial charge on any atom is -0.333 e. The van der Waals surface area contributed by atoms with Crippen LogP contribution in [0.15, 0.2) is 42.5 Å². The van der Waals surface area contributed by atoms with Crippen molar-refractivity contribution in [2.45, 2.75) is 25.3 Å². The van der Waals surface area contributed by atoms with Crippen LogP contribution in [0, 0.1) is 10.1 Å². The molecule has 1 N–H and O–H groups in total. The highest BCUT2D eigenvalue weighted by Crippen LogP contribution is 2.34. The molecule has 132 valence electrons. The van der Waals surface area contributed by atoms with Crippen molar-refractivity contribution in [2.75, 3.05) is 7.05 Å². The molecule has 1 aliphatic rings. The molecule has 2 aromatic carbocycles. The van der Waals surface area contributed by atoms with Crippen LogP contribution < -0.4 is 0 Å². The Kier molecular flexibility index (Phi) is 3.91. The number of hydrogen-bond donors (Lipinski definition) is 1. The summed E-state index contributed by atoms with van der Waals surface area (Å²) in [4.78, 5) is 25.4. The third-order valence-corrected chi connectivity index (χ3v) is 5.09. The molecular formula is C19H18N4O3. The van der Waals surface area contributed by atoms with Crippen LogP contribution in [-0.4, -0.2) is 33.0 Å². The van der Waals surface area contributed by atoms with Gasteiger partial charge in [0.15, 0.2) is 5.69 Å². The van der Waals surface area contributed by atoms with Crippen LogP contribution in [0.1, 0.15) is 40.5 Å². The molecule has 1 amide bonds. The lowest BCUT2D eigenvalue weighted by molar-refractivity contribution is -0.384. The second-order valence-corrected chi connectivity index (χ2v) is 6.58. The van der Waals surface area contributed by atoms with Gasteiger partial charge in [-0.1, -0.05) is 24.3 Å². The van der Waals surface area contributed by atoms with Crippen LogP contribution in [0.4, 0.5) is 5.69 Å². The lowest BCUT2D eigenvalue weighted by Crippen LogP contribution is -2.33. The fraction of sp³-hybridized carbons (Fsp3) is 0.263. The lowest BCUT2D eigenvalue weighted by atomic mass is 9.87. The number of nitrogens with one attached hydrogen (secondary N) is 1. The number of aromatic amines is 1. The molecule has 0 spiro atoms. The number of H-pyrrole nitrogens is 1. The van der Waals surface area contributed by atoms with Crippen LogP contribution in [0.5, 0.6) is 0 Å². The predicted molar refractivity (Wildman–Crippen MR) is 97.0 cm³/mol. The zero-order chi connectivity index (χ0) is 18.3. The first kappa shape index (κ1) is 16.3. The highest BCUT2D eigenvalue weighted by Gasteiger charge is 2.29. The zero-order valence-electron chi connectivity index (χ0n) is 14.3. The summed E-state index contributed by atoms with van der Waals surface area (Å²) in [6.45, 7) is 0. The SMILES string of the molecule is CN(C(=O)c1n[nH]c2ccc([N+](=O)[O-])cc12)C1CCCc2ccccc21. The normalized spacial score (nSPS) is 16.3. The number of aromatic nitrogens is 2. The second kappa shape index (κ2) is 6.25. The lowest BCUT2D eigenvalue weighted by Gasteiger charge is -2.33. The average molecular weight is 350 g/mol. The van der Waals surface area contributed by atoms with Gasteiger partial charge < -0.3 is 4.90 Å². The van der Waals surface area contributed by atoms with Gasteiger partial charge in [-0.2, -0.15) is 5.10 Å². The molecule has 3 aromatic rings. The summed E-state index contributed by atoms with van der Waals surface area (Å²) in [5.41, 5.74) is 3.20. The number of carbonyl (C=O) groups excluding carboxylic acids is 1. The van der Waals surface area contributed by atoms with E-state index in [1.807, 2.05) is 12.1 Å². The van der Waals surface area contributed by atoms with Gasteiger partial charge in [0.1, 0.15) is 0 Å². The van der Waals surface area contributed by atoms with Crippen molar-refractivity contribution >= 4 is 22.5 Å². The molecule has 7 nitrogen and oxygen atoms in total. The van der Waals surface area contributed by atoms with E-state index in [2.05, 4.69) is 22.3 Å². The van der Waals surface area contributed by atoms with E-state index in [9.17, 15) is 14.9 Å². The average Bonchev–Trinajstić information content (AvgIpc) is 3.09. The molecule has 7 heteroatoms. The van der Waals surface area contributed by atoms with Gasteiger partial charge in [0.25, 0.3) is 11.6 Å². The molecule has 0 bridgehead atoms. The fourth-order valence-electron chi connectivity index (χ4n) is 3.72. The Morgan fingerprint density at radius 1 is 1.31 bits per heavy atom. The highest BCUT2D eigenvalue weighted by atomic mass is 16.6. The number of hydrogen-bond acceptors (Lipinski definition) is 4. The molecule has 1 unspecified atom stereocenters. The van der Waals surface area contributed by atoms with E-state index in [0.717, 1.165) is 19.3 Å². The Morgan fingerprint density at radius 3 is 2.92 bits per heavy atom. The standard InChI is InChI=1S/C19H18N4O3/c1-22(17-8-4-6-12-5-2-3-7-14(12)17)19(24)18-15-11-13(23(25)26)9-10-16(15)20-21-18/h2-3,5,7,9-11,17H,4,6,8H2,1H3,(H,20,21). The van der Waals surface area contributed by atoms with Crippen molar-refractivity contribution in [3.8, 4) is 0 Å². The number of nitro groups is 1. The maximum absolute atomic E-state index is 13.1. The van der Waals surface area contributed by atoms with Crippen molar-refractivity contribution in [1.82, 2.24) is 15.1 Å². The third kappa shape index (κ3) is 2.61. The van der Waals surface area contributed by atoms with Gasteiger partial charge in [0.2, 0.25) is 0 Å². The quantitative estimate of drug-likeness (QED) is 0.577. The van der Waals surface area contributed by atoms with E-state index in [-0.39, 0.29) is 23.3 Å². The first-order valence-corrected chi connectivity index (χ1v) is 8.53. The van der Waals surface area contributed by atoms with Gasteiger partial charge in [0, 0.05) is 24.6 Å². The number of aryl methyl sites for hydroxylation is 1. The number of nitrogens with zero attached hydrogens (tertiary/aromatic N) is 3. The van der Waals surface area contributed by atoms with Crippen molar-refractivity contribution in [2.24, 2.45) is 0 Å². The van der Waals surface area contributed by atoms with Gasteiger partial charge in [-0.05, 0) is 36.5 Å². The van der Waals surface area contributed by atoms with E-state index in [1.54, 1.807) is 18.0 Å².